The van der Waals surface area contributed by atoms with Crippen LogP contribution in [0.3, 0.4) is 0 Å². The highest BCUT2D eigenvalue weighted by molar-refractivity contribution is 5.80. The number of hydrogen-bond acceptors (Lipinski definition) is 5. The van der Waals surface area contributed by atoms with Gasteiger partial charge in [0.05, 0.1) is 7.11 Å². The maximum absolute atomic E-state index is 9.67. The lowest BCUT2D eigenvalue weighted by Crippen LogP contribution is -2.38. The van der Waals surface area contributed by atoms with Gasteiger partial charge in [0.25, 0.3) is 0 Å². The first-order valence-electron chi connectivity index (χ1n) is 9.97. The lowest BCUT2D eigenvalue weighted by Gasteiger charge is -2.43. The number of nitriles is 4. The van der Waals surface area contributed by atoms with Gasteiger partial charge >= 0.3 is 0 Å². The van der Waals surface area contributed by atoms with Crippen molar-refractivity contribution in [2.24, 2.45) is 0 Å². The van der Waals surface area contributed by atoms with Gasteiger partial charge in [-0.1, -0.05) is 48.5 Å². The van der Waals surface area contributed by atoms with E-state index < -0.39 is 0 Å². The largest absolute Gasteiger partial charge is 0.496 e. The Morgan fingerprint density at radius 2 is 1.12 bits per heavy atom. The highest BCUT2D eigenvalue weighted by atomic mass is 16.5. The summed E-state index contributed by atoms with van der Waals surface area (Å²) in [7, 11) is 1.63. The molecule has 0 aliphatic heterocycles. The summed E-state index contributed by atoms with van der Waals surface area (Å²) in [4.78, 5) is 0. The SMILES string of the molecule is COc1cccc2c1[C@@H]1c3ccccc3[C@@H]2c2c1c(=C(C#N)C#N)ccc2=C(C#N)C#N. The van der Waals surface area contributed by atoms with E-state index >= 15 is 0 Å². The third kappa shape index (κ3) is 2.34. The van der Waals surface area contributed by atoms with Crippen LogP contribution < -0.4 is 15.2 Å². The minimum absolute atomic E-state index is 0.00439. The molecular weight excluding hydrogens is 396 g/mol. The van der Waals surface area contributed by atoms with Gasteiger partial charge in [0.15, 0.2) is 0 Å². The van der Waals surface area contributed by atoms with Crippen LogP contribution >= 0.6 is 0 Å². The summed E-state index contributed by atoms with van der Waals surface area (Å²) < 4.78 is 5.72. The third-order valence-electron chi connectivity index (χ3n) is 6.39. The first-order valence-corrected chi connectivity index (χ1v) is 9.97. The molecule has 0 saturated carbocycles. The summed E-state index contributed by atoms with van der Waals surface area (Å²) in [6.45, 7) is 0. The Hall–Kier alpha value is -4.84. The normalized spacial score (nSPS) is 16.2. The second-order valence-corrected chi connectivity index (χ2v) is 7.64. The van der Waals surface area contributed by atoms with Crippen LogP contribution in [-0.2, 0) is 0 Å². The van der Waals surface area contributed by atoms with Crippen molar-refractivity contribution in [2.75, 3.05) is 7.11 Å². The molecule has 2 bridgehead atoms. The maximum atomic E-state index is 9.67. The van der Waals surface area contributed by atoms with Crippen molar-refractivity contribution >= 4 is 11.1 Å². The maximum Gasteiger partial charge on any atom is 0.137 e. The zero-order valence-corrected chi connectivity index (χ0v) is 17.0. The molecule has 32 heavy (non-hydrogen) atoms. The van der Waals surface area contributed by atoms with Gasteiger partial charge in [-0.05, 0) is 33.9 Å². The minimum atomic E-state index is -0.289. The molecule has 3 aliphatic carbocycles. The monoisotopic (exact) mass is 410 g/mol. The molecule has 0 saturated heterocycles. The van der Waals surface area contributed by atoms with Crippen molar-refractivity contribution in [1.29, 1.82) is 21.0 Å². The second-order valence-electron chi connectivity index (χ2n) is 7.64. The Morgan fingerprint density at radius 3 is 1.66 bits per heavy atom. The van der Waals surface area contributed by atoms with Crippen LogP contribution in [0.1, 0.15) is 45.2 Å². The number of methoxy groups -OCH3 is 1. The van der Waals surface area contributed by atoms with Crippen molar-refractivity contribution in [2.45, 2.75) is 11.8 Å². The van der Waals surface area contributed by atoms with Crippen molar-refractivity contribution in [1.82, 2.24) is 0 Å². The molecule has 3 aliphatic rings. The molecule has 5 heteroatoms. The van der Waals surface area contributed by atoms with E-state index in [4.69, 9.17) is 4.74 Å². The van der Waals surface area contributed by atoms with Crippen LogP contribution in [0.15, 0.2) is 54.6 Å². The van der Waals surface area contributed by atoms with Crippen LogP contribution in [0.5, 0.6) is 5.75 Å². The molecule has 0 heterocycles. The summed E-state index contributed by atoms with van der Waals surface area (Å²) in [6, 6.07) is 25.4. The summed E-state index contributed by atoms with van der Waals surface area (Å²) in [5, 5.41) is 39.7. The summed E-state index contributed by atoms with van der Waals surface area (Å²) in [6.07, 6.45) is 0. The molecule has 148 valence electrons. The molecule has 3 aromatic rings. The van der Waals surface area contributed by atoms with E-state index in [9.17, 15) is 21.0 Å². The molecule has 5 nitrogen and oxygen atoms in total. The van der Waals surface area contributed by atoms with Crippen molar-refractivity contribution in [3.63, 3.8) is 0 Å². The molecule has 0 aromatic heterocycles. The Kier molecular flexibility index (Phi) is 4.27. The van der Waals surface area contributed by atoms with Crippen LogP contribution in [0.25, 0.3) is 11.1 Å². The van der Waals surface area contributed by atoms with Gasteiger partial charge in [-0.15, -0.1) is 0 Å². The number of ether oxygens (including phenoxy) is 1. The van der Waals surface area contributed by atoms with Crippen LogP contribution in [0, 0.1) is 45.3 Å². The zero-order chi connectivity index (χ0) is 22.4. The Labute approximate surface area is 184 Å². The predicted octanol–water partition coefficient (Wildman–Crippen LogP) is 3.08. The molecule has 2 atom stereocenters. The van der Waals surface area contributed by atoms with E-state index in [1.165, 1.54) is 0 Å². The van der Waals surface area contributed by atoms with Crippen molar-refractivity contribution in [3.8, 4) is 30.0 Å². The summed E-state index contributed by atoms with van der Waals surface area (Å²) in [5.41, 5.74) is 5.83. The van der Waals surface area contributed by atoms with E-state index in [1.54, 1.807) is 19.2 Å². The Morgan fingerprint density at radius 1 is 0.625 bits per heavy atom. The Bertz CT molecular complexity index is 1590. The van der Waals surface area contributed by atoms with Gasteiger partial charge in [-0.25, -0.2) is 0 Å². The second kappa shape index (κ2) is 7.14. The molecule has 0 unspecified atom stereocenters. The Balaban J connectivity index is 2.09. The minimum Gasteiger partial charge on any atom is -0.496 e. The summed E-state index contributed by atoms with van der Waals surface area (Å²) in [5.74, 6) is 0.193. The standard InChI is InChI=1S/C27H14N4O/c1-32-22-8-4-7-21-23-19-5-2-3-6-20(19)27(24(21)22)26-18(16(13-30)14-31)10-9-17(25(23)26)15(11-28)12-29/h2-10,23,27H,1H3/t23-,27-/m0/s1. The highest BCUT2D eigenvalue weighted by Crippen LogP contribution is 2.56. The number of benzene rings is 3. The first kappa shape index (κ1) is 19.1. The molecule has 0 N–H and O–H groups in total. The van der Waals surface area contributed by atoms with Crippen molar-refractivity contribution in [3.05, 3.63) is 98.4 Å². The van der Waals surface area contributed by atoms with E-state index in [2.05, 4.69) is 12.1 Å². The number of nitrogens with zero attached hydrogens (tertiary/aromatic N) is 4. The van der Waals surface area contributed by atoms with Crippen LogP contribution in [0.4, 0.5) is 0 Å². The third-order valence-corrected chi connectivity index (χ3v) is 6.39. The fourth-order valence-electron chi connectivity index (χ4n) is 5.26. The summed E-state index contributed by atoms with van der Waals surface area (Å²) >= 11 is 0. The fraction of sp³-hybridized carbons (Fsp3) is 0.111. The van der Waals surface area contributed by atoms with Gasteiger partial charge in [-0.3, -0.25) is 0 Å². The lowest BCUT2D eigenvalue weighted by atomic mass is 9.60. The average Bonchev–Trinajstić information content (AvgIpc) is 2.85. The highest BCUT2D eigenvalue weighted by Gasteiger charge is 2.44. The van der Waals surface area contributed by atoms with Gasteiger partial charge < -0.3 is 4.74 Å². The molecular formula is C27H14N4O. The van der Waals surface area contributed by atoms with Crippen LogP contribution in [-0.4, -0.2) is 7.11 Å². The number of rotatable bonds is 1. The zero-order valence-electron chi connectivity index (χ0n) is 17.0. The quantitative estimate of drug-likeness (QED) is 0.422. The van der Waals surface area contributed by atoms with E-state index in [0.717, 1.165) is 39.1 Å². The molecule has 0 spiro atoms. The van der Waals surface area contributed by atoms with Crippen LogP contribution in [0.2, 0.25) is 0 Å². The average molecular weight is 410 g/mol. The first-order chi connectivity index (χ1) is 15.7. The topological polar surface area (TPSA) is 104 Å². The number of hydrogen-bond donors (Lipinski definition) is 0. The van der Waals surface area contributed by atoms with Crippen molar-refractivity contribution < 1.29 is 4.74 Å². The smallest absolute Gasteiger partial charge is 0.137 e. The van der Waals surface area contributed by atoms with E-state index in [0.29, 0.717) is 10.4 Å². The van der Waals surface area contributed by atoms with E-state index in [1.807, 2.05) is 54.6 Å². The van der Waals surface area contributed by atoms with Gasteiger partial charge in [0, 0.05) is 27.8 Å². The lowest BCUT2D eigenvalue weighted by molar-refractivity contribution is 0.406. The molecule has 6 rings (SSSR count). The van der Waals surface area contributed by atoms with E-state index in [-0.39, 0.29) is 23.0 Å². The fourth-order valence-corrected chi connectivity index (χ4v) is 5.26. The molecule has 0 radical (unpaired) electrons. The van der Waals surface area contributed by atoms with Gasteiger partial charge in [0.2, 0.25) is 0 Å². The molecule has 3 aromatic carbocycles. The molecule has 0 fully saturated rings. The molecule has 0 amide bonds. The van der Waals surface area contributed by atoms with Gasteiger partial charge in [0.1, 0.15) is 41.2 Å². The predicted molar refractivity (Wildman–Crippen MR) is 116 cm³/mol. The van der Waals surface area contributed by atoms with Gasteiger partial charge in [-0.2, -0.15) is 21.0 Å².